The van der Waals surface area contributed by atoms with E-state index in [0.717, 1.165) is 11.1 Å². The Morgan fingerprint density at radius 2 is 1.78 bits per heavy atom. The van der Waals surface area contributed by atoms with Crippen molar-refractivity contribution in [3.63, 3.8) is 0 Å². The van der Waals surface area contributed by atoms with E-state index >= 15 is 0 Å². The van der Waals surface area contributed by atoms with Crippen LogP contribution in [0.3, 0.4) is 0 Å². The van der Waals surface area contributed by atoms with E-state index in [9.17, 15) is 9.59 Å². The van der Waals surface area contributed by atoms with E-state index in [4.69, 9.17) is 16.3 Å². The summed E-state index contributed by atoms with van der Waals surface area (Å²) in [5.41, 5.74) is 5.40. The zero-order chi connectivity index (χ0) is 19.8. The van der Waals surface area contributed by atoms with Crippen molar-refractivity contribution in [1.29, 1.82) is 0 Å². The molecule has 0 unspecified atom stereocenters. The monoisotopic (exact) mass is 387 g/mol. The number of carbonyl (C=O) groups is 2. The predicted octanol–water partition coefficient (Wildman–Crippen LogP) is 3.86. The summed E-state index contributed by atoms with van der Waals surface area (Å²) in [6.07, 6.45) is 0.0467. The lowest BCUT2D eigenvalue weighted by Crippen LogP contribution is -2.26. The molecule has 0 fully saturated rings. The van der Waals surface area contributed by atoms with Gasteiger partial charge in [-0.25, -0.2) is 5.43 Å². The zero-order valence-corrected chi connectivity index (χ0v) is 16.3. The molecule has 2 aromatic carbocycles. The molecule has 0 aliphatic carbocycles. The van der Waals surface area contributed by atoms with E-state index in [2.05, 4.69) is 15.8 Å². The van der Waals surface area contributed by atoms with Gasteiger partial charge in [-0.3, -0.25) is 9.59 Å². The largest absolute Gasteiger partial charge is 0.484 e. The van der Waals surface area contributed by atoms with E-state index < -0.39 is 5.91 Å². The van der Waals surface area contributed by atoms with Crippen LogP contribution in [0.5, 0.6) is 5.75 Å². The summed E-state index contributed by atoms with van der Waals surface area (Å²) >= 11 is 6.03. The molecule has 2 aromatic rings. The molecule has 0 spiro atoms. The van der Waals surface area contributed by atoms with E-state index in [1.54, 1.807) is 37.3 Å². The number of hydrogen-bond acceptors (Lipinski definition) is 4. The van der Waals surface area contributed by atoms with E-state index in [0.29, 0.717) is 22.2 Å². The first-order valence-electron chi connectivity index (χ1n) is 8.41. The number of anilines is 1. The summed E-state index contributed by atoms with van der Waals surface area (Å²) in [6.45, 7) is 5.30. The van der Waals surface area contributed by atoms with Crippen molar-refractivity contribution in [2.45, 2.75) is 27.2 Å². The molecule has 0 aliphatic heterocycles. The molecule has 0 heterocycles. The number of hydrazone groups is 1. The van der Waals surface area contributed by atoms with Crippen molar-refractivity contribution in [1.82, 2.24) is 5.43 Å². The molecule has 0 aliphatic rings. The lowest BCUT2D eigenvalue weighted by molar-refractivity contribution is -0.123. The quantitative estimate of drug-likeness (QED) is 0.559. The standard InChI is InChI=1S/C20H22ClN3O3/c1-13-7-9-16(10-8-13)27-12-20(26)24-23-14(2)11-19(25)22-18-6-4-5-17(21)15(18)3/h4-10H,11-12H2,1-3H3,(H,22,25)(H,24,26)/b23-14+. The van der Waals surface area contributed by atoms with Crippen LogP contribution in [0, 0.1) is 13.8 Å². The van der Waals surface area contributed by atoms with Crippen molar-refractivity contribution >= 4 is 34.8 Å². The molecule has 6 nitrogen and oxygen atoms in total. The Bertz CT molecular complexity index is 848. The molecule has 0 aromatic heterocycles. The number of carbonyl (C=O) groups excluding carboxylic acids is 2. The fourth-order valence-corrected chi connectivity index (χ4v) is 2.36. The van der Waals surface area contributed by atoms with Crippen molar-refractivity contribution in [3.8, 4) is 5.75 Å². The van der Waals surface area contributed by atoms with Gasteiger partial charge in [-0.1, -0.05) is 35.4 Å². The smallest absolute Gasteiger partial charge is 0.277 e. The molecule has 0 saturated heterocycles. The zero-order valence-electron chi connectivity index (χ0n) is 15.5. The number of nitrogens with one attached hydrogen (secondary N) is 2. The second-order valence-corrected chi connectivity index (χ2v) is 6.53. The highest BCUT2D eigenvalue weighted by molar-refractivity contribution is 6.31. The van der Waals surface area contributed by atoms with Crippen LogP contribution in [-0.4, -0.2) is 24.1 Å². The van der Waals surface area contributed by atoms with Gasteiger partial charge in [0.05, 0.1) is 6.42 Å². The van der Waals surface area contributed by atoms with Gasteiger partial charge in [0.15, 0.2) is 6.61 Å². The summed E-state index contributed by atoms with van der Waals surface area (Å²) in [5.74, 6) is -0.0412. The normalized spacial score (nSPS) is 11.0. The third-order valence-corrected chi connectivity index (χ3v) is 4.13. The molecule has 0 saturated carbocycles. The Labute approximate surface area is 163 Å². The Morgan fingerprint density at radius 1 is 1.07 bits per heavy atom. The summed E-state index contributed by atoms with van der Waals surface area (Å²) in [7, 11) is 0. The number of ether oxygens (including phenoxy) is 1. The average molecular weight is 388 g/mol. The van der Waals surface area contributed by atoms with Gasteiger partial charge in [0.25, 0.3) is 5.91 Å². The molecule has 142 valence electrons. The van der Waals surface area contributed by atoms with Crippen molar-refractivity contribution in [3.05, 3.63) is 58.6 Å². The number of nitrogens with zero attached hydrogens (tertiary/aromatic N) is 1. The van der Waals surface area contributed by atoms with E-state index in [1.165, 1.54) is 0 Å². The maximum Gasteiger partial charge on any atom is 0.277 e. The third-order valence-electron chi connectivity index (χ3n) is 3.72. The first-order valence-corrected chi connectivity index (χ1v) is 8.79. The third kappa shape index (κ3) is 6.75. The molecular weight excluding hydrogens is 366 g/mol. The van der Waals surface area contributed by atoms with E-state index in [1.807, 2.05) is 26.0 Å². The Morgan fingerprint density at radius 3 is 2.48 bits per heavy atom. The van der Waals surface area contributed by atoms with E-state index in [-0.39, 0.29) is 18.9 Å². The number of rotatable bonds is 7. The summed E-state index contributed by atoms with van der Waals surface area (Å²) < 4.78 is 5.37. The molecule has 2 N–H and O–H groups in total. The molecule has 0 atom stereocenters. The number of halogens is 1. The van der Waals surface area contributed by atoms with Crippen LogP contribution in [0.2, 0.25) is 5.02 Å². The van der Waals surface area contributed by atoms with Crippen LogP contribution >= 0.6 is 11.6 Å². The van der Waals surface area contributed by atoms with Gasteiger partial charge >= 0.3 is 0 Å². The fraction of sp³-hybridized carbons (Fsp3) is 0.250. The Balaban J connectivity index is 1.78. The fourth-order valence-electron chi connectivity index (χ4n) is 2.18. The minimum Gasteiger partial charge on any atom is -0.484 e. The molecule has 2 rings (SSSR count). The van der Waals surface area contributed by atoms with Gasteiger partial charge in [0.1, 0.15) is 5.75 Å². The maximum atomic E-state index is 12.1. The van der Waals surface area contributed by atoms with Gasteiger partial charge in [-0.15, -0.1) is 0 Å². The van der Waals surface area contributed by atoms with Crippen LogP contribution in [0.25, 0.3) is 0 Å². The highest BCUT2D eigenvalue weighted by Crippen LogP contribution is 2.22. The average Bonchev–Trinajstić information content (AvgIpc) is 2.63. The number of aryl methyl sites for hydroxylation is 1. The summed E-state index contributed by atoms with van der Waals surface area (Å²) in [6, 6.07) is 12.7. The molecule has 0 bridgehead atoms. The lowest BCUT2D eigenvalue weighted by Gasteiger charge is -2.09. The minimum atomic E-state index is -0.402. The van der Waals surface area contributed by atoms with Crippen LogP contribution < -0.4 is 15.5 Å². The molecular formula is C20H22ClN3O3. The predicted molar refractivity (Wildman–Crippen MR) is 107 cm³/mol. The second-order valence-electron chi connectivity index (χ2n) is 6.12. The number of hydrogen-bond donors (Lipinski definition) is 2. The Hall–Kier alpha value is -2.86. The summed E-state index contributed by atoms with van der Waals surface area (Å²) in [5, 5.41) is 7.28. The van der Waals surface area contributed by atoms with Gasteiger partial charge < -0.3 is 10.1 Å². The molecule has 2 amide bonds. The first kappa shape index (κ1) is 20.5. The highest BCUT2D eigenvalue weighted by Gasteiger charge is 2.09. The minimum absolute atomic E-state index is 0.0467. The van der Waals surface area contributed by atoms with Crippen molar-refractivity contribution in [2.24, 2.45) is 5.10 Å². The first-order chi connectivity index (χ1) is 12.8. The topological polar surface area (TPSA) is 79.8 Å². The molecule has 27 heavy (non-hydrogen) atoms. The Kier molecular flexibility index (Phi) is 7.37. The summed E-state index contributed by atoms with van der Waals surface area (Å²) in [4.78, 5) is 23.9. The SMILES string of the molecule is C/C(CC(=O)Nc1cccc(Cl)c1C)=N\NC(=O)COc1ccc(C)cc1. The van der Waals surface area contributed by atoms with Gasteiger partial charge in [0.2, 0.25) is 5.91 Å². The van der Waals surface area contributed by atoms with Crippen LogP contribution in [0.1, 0.15) is 24.5 Å². The molecule has 0 radical (unpaired) electrons. The van der Waals surface area contributed by atoms with Gasteiger partial charge in [-0.2, -0.15) is 5.10 Å². The number of benzene rings is 2. The second kappa shape index (κ2) is 9.73. The number of amides is 2. The highest BCUT2D eigenvalue weighted by atomic mass is 35.5. The lowest BCUT2D eigenvalue weighted by atomic mass is 10.2. The van der Waals surface area contributed by atoms with Crippen molar-refractivity contribution < 1.29 is 14.3 Å². The maximum absolute atomic E-state index is 12.1. The van der Waals surface area contributed by atoms with Crippen LogP contribution in [-0.2, 0) is 9.59 Å². The van der Waals surface area contributed by atoms with Crippen LogP contribution in [0.15, 0.2) is 47.6 Å². The van der Waals surface area contributed by atoms with Gasteiger partial charge in [-0.05, 0) is 50.6 Å². The molecule has 7 heteroatoms. The van der Waals surface area contributed by atoms with Crippen molar-refractivity contribution in [2.75, 3.05) is 11.9 Å². The van der Waals surface area contributed by atoms with Gasteiger partial charge in [0, 0.05) is 16.4 Å². The van der Waals surface area contributed by atoms with Crippen LogP contribution in [0.4, 0.5) is 5.69 Å².